The van der Waals surface area contributed by atoms with Crippen molar-refractivity contribution in [2.45, 2.75) is 39.8 Å². The fourth-order valence-electron chi connectivity index (χ4n) is 1.33. The second-order valence-electron chi connectivity index (χ2n) is 3.05. The summed E-state index contributed by atoms with van der Waals surface area (Å²) in [6.07, 6.45) is 0.371. The predicted molar refractivity (Wildman–Crippen MR) is 61.6 cm³/mol. The minimum atomic E-state index is -3.39. The lowest BCUT2D eigenvalue weighted by Crippen LogP contribution is -2.25. The van der Waals surface area contributed by atoms with E-state index in [1.54, 1.807) is 27.7 Å². The van der Waals surface area contributed by atoms with E-state index in [9.17, 15) is 9.36 Å². The number of carbonyl (C=O) groups excluding carboxylic acids is 1. The van der Waals surface area contributed by atoms with Gasteiger partial charge in [-0.3, -0.25) is 9.36 Å². The van der Waals surface area contributed by atoms with Crippen LogP contribution in [0.2, 0.25) is 0 Å². The van der Waals surface area contributed by atoms with Crippen LogP contribution in [-0.4, -0.2) is 31.4 Å². The zero-order chi connectivity index (χ0) is 12.6. The summed E-state index contributed by atoms with van der Waals surface area (Å²) in [5.41, 5.74) is -0.827. The number of hydrogen-bond acceptors (Lipinski definition) is 5. The fraction of sp³-hybridized carbons (Fsp3) is 0.900. The summed E-state index contributed by atoms with van der Waals surface area (Å²) in [4.78, 5) is 11.6. The van der Waals surface area contributed by atoms with Crippen LogP contribution >= 0.6 is 7.60 Å². The van der Waals surface area contributed by atoms with Gasteiger partial charge in [0.1, 0.15) is 0 Å². The second kappa shape index (κ2) is 7.82. The lowest BCUT2D eigenvalue weighted by Gasteiger charge is -2.23. The van der Waals surface area contributed by atoms with Crippen LogP contribution in [0.25, 0.3) is 0 Å². The molecular formula is C10H21O5P. The minimum Gasteiger partial charge on any atom is -0.465 e. The van der Waals surface area contributed by atoms with Crippen molar-refractivity contribution in [3.8, 4) is 0 Å². The molecule has 0 rings (SSSR count). The maximum absolute atomic E-state index is 12.3. The normalized spacial score (nSPS) is 13.5. The summed E-state index contributed by atoms with van der Waals surface area (Å²) in [5.74, 6) is -0.518. The molecule has 96 valence electrons. The van der Waals surface area contributed by atoms with Crippen LogP contribution < -0.4 is 0 Å². The van der Waals surface area contributed by atoms with Crippen molar-refractivity contribution in [3.63, 3.8) is 0 Å². The third-order valence-electron chi connectivity index (χ3n) is 1.95. The first-order chi connectivity index (χ1) is 7.55. The standard InChI is InChI=1S/C10H21O5P/c1-5-9(10(11)13-6-2)16(12,14-7-3)15-8-4/h9H,5-8H2,1-4H3/t9-/m1/s1. The van der Waals surface area contributed by atoms with Gasteiger partial charge in [-0.1, -0.05) is 6.92 Å². The minimum absolute atomic E-state index is 0.243. The molecule has 0 aliphatic heterocycles. The maximum Gasteiger partial charge on any atom is 0.344 e. The SMILES string of the molecule is CCOC(=O)[C@@H](CC)P(=O)(OCC)OCC. The highest BCUT2D eigenvalue weighted by Crippen LogP contribution is 2.54. The van der Waals surface area contributed by atoms with E-state index >= 15 is 0 Å². The first-order valence-electron chi connectivity index (χ1n) is 5.61. The summed E-state index contributed by atoms with van der Waals surface area (Å²) in [6.45, 7) is 7.63. The average Bonchev–Trinajstić information content (AvgIpc) is 2.19. The summed E-state index contributed by atoms with van der Waals surface area (Å²) in [7, 11) is -3.39. The summed E-state index contributed by atoms with van der Waals surface area (Å²) in [5, 5.41) is 0. The molecule has 0 aromatic carbocycles. The second-order valence-corrected chi connectivity index (χ2v) is 5.27. The maximum atomic E-state index is 12.3. The van der Waals surface area contributed by atoms with Crippen molar-refractivity contribution < 1.29 is 23.1 Å². The number of carbonyl (C=O) groups is 1. The Morgan fingerprint density at radius 1 is 1.06 bits per heavy atom. The van der Waals surface area contributed by atoms with Gasteiger partial charge in [0.15, 0.2) is 5.66 Å². The van der Waals surface area contributed by atoms with E-state index < -0.39 is 19.2 Å². The van der Waals surface area contributed by atoms with Gasteiger partial charge in [-0.2, -0.15) is 0 Å². The Morgan fingerprint density at radius 2 is 1.56 bits per heavy atom. The van der Waals surface area contributed by atoms with Crippen LogP contribution in [0.4, 0.5) is 0 Å². The Bertz CT molecular complexity index is 244. The summed E-state index contributed by atoms with van der Waals surface area (Å²) in [6, 6.07) is 0. The molecule has 0 aliphatic carbocycles. The third-order valence-corrected chi connectivity index (χ3v) is 4.52. The molecule has 0 bridgehead atoms. The molecule has 0 aliphatic rings. The predicted octanol–water partition coefficient (Wildman–Crippen LogP) is 2.59. The molecule has 16 heavy (non-hydrogen) atoms. The molecule has 0 saturated carbocycles. The zero-order valence-corrected chi connectivity index (χ0v) is 11.3. The van der Waals surface area contributed by atoms with Crippen molar-refractivity contribution in [2.24, 2.45) is 0 Å². The molecule has 5 nitrogen and oxygen atoms in total. The molecular weight excluding hydrogens is 231 g/mol. The summed E-state index contributed by atoms with van der Waals surface area (Å²) >= 11 is 0. The Kier molecular flexibility index (Phi) is 7.64. The molecule has 0 heterocycles. The van der Waals surface area contributed by atoms with Crippen molar-refractivity contribution in [1.82, 2.24) is 0 Å². The number of esters is 1. The van der Waals surface area contributed by atoms with Gasteiger partial charge in [-0.25, -0.2) is 0 Å². The number of rotatable bonds is 8. The first-order valence-corrected chi connectivity index (χ1v) is 7.22. The third kappa shape index (κ3) is 4.24. The fourth-order valence-corrected chi connectivity index (χ4v) is 3.27. The molecule has 0 N–H and O–H groups in total. The Labute approximate surface area is 97.0 Å². The van der Waals surface area contributed by atoms with Crippen LogP contribution in [0.15, 0.2) is 0 Å². The molecule has 0 amide bonds. The van der Waals surface area contributed by atoms with Crippen LogP contribution in [-0.2, 0) is 23.1 Å². The van der Waals surface area contributed by atoms with Gasteiger partial charge in [0.05, 0.1) is 19.8 Å². The van der Waals surface area contributed by atoms with Crippen LogP contribution in [0.3, 0.4) is 0 Å². The van der Waals surface area contributed by atoms with E-state index in [0.29, 0.717) is 6.42 Å². The van der Waals surface area contributed by atoms with Crippen molar-refractivity contribution in [1.29, 1.82) is 0 Å². The Balaban J connectivity index is 4.83. The molecule has 0 aromatic heterocycles. The van der Waals surface area contributed by atoms with E-state index in [0.717, 1.165) is 0 Å². The largest absolute Gasteiger partial charge is 0.465 e. The van der Waals surface area contributed by atoms with Gasteiger partial charge in [-0.15, -0.1) is 0 Å². The quantitative estimate of drug-likeness (QED) is 0.491. The first kappa shape index (κ1) is 15.6. The number of ether oxygens (including phenoxy) is 1. The van der Waals surface area contributed by atoms with E-state index in [1.165, 1.54) is 0 Å². The monoisotopic (exact) mass is 252 g/mol. The molecule has 0 aromatic rings. The van der Waals surface area contributed by atoms with Crippen molar-refractivity contribution >= 4 is 13.6 Å². The van der Waals surface area contributed by atoms with Gasteiger partial charge in [-0.05, 0) is 27.2 Å². The lowest BCUT2D eigenvalue weighted by molar-refractivity contribution is -0.143. The summed E-state index contributed by atoms with van der Waals surface area (Å²) < 4.78 is 27.4. The Morgan fingerprint density at radius 3 is 1.88 bits per heavy atom. The van der Waals surface area contributed by atoms with Crippen molar-refractivity contribution in [3.05, 3.63) is 0 Å². The molecule has 0 saturated heterocycles. The highest BCUT2D eigenvalue weighted by molar-refractivity contribution is 7.55. The molecule has 0 unspecified atom stereocenters. The molecule has 1 atom stereocenters. The topological polar surface area (TPSA) is 61.8 Å². The van der Waals surface area contributed by atoms with E-state index in [2.05, 4.69) is 0 Å². The zero-order valence-electron chi connectivity index (χ0n) is 10.4. The van der Waals surface area contributed by atoms with Crippen molar-refractivity contribution in [2.75, 3.05) is 19.8 Å². The van der Waals surface area contributed by atoms with E-state index in [-0.39, 0.29) is 19.8 Å². The van der Waals surface area contributed by atoms with Crippen LogP contribution in [0.5, 0.6) is 0 Å². The van der Waals surface area contributed by atoms with Gasteiger partial charge >= 0.3 is 13.6 Å². The number of hydrogen-bond donors (Lipinski definition) is 0. The highest BCUT2D eigenvalue weighted by atomic mass is 31.2. The van der Waals surface area contributed by atoms with Gasteiger partial charge in [0.2, 0.25) is 0 Å². The molecule has 6 heteroatoms. The lowest BCUT2D eigenvalue weighted by atomic mass is 10.3. The Hall–Kier alpha value is -0.380. The van der Waals surface area contributed by atoms with Crippen LogP contribution in [0.1, 0.15) is 34.1 Å². The van der Waals surface area contributed by atoms with E-state index in [4.69, 9.17) is 13.8 Å². The molecule has 0 spiro atoms. The van der Waals surface area contributed by atoms with E-state index in [1.807, 2.05) is 0 Å². The average molecular weight is 252 g/mol. The van der Waals surface area contributed by atoms with Gasteiger partial charge in [0.25, 0.3) is 0 Å². The smallest absolute Gasteiger partial charge is 0.344 e. The van der Waals surface area contributed by atoms with Gasteiger partial charge in [0, 0.05) is 0 Å². The van der Waals surface area contributed by atoms with Crippen LogP contribution in [0, 0.1) is 0 Å². The molecule has 0 radical (unpaired) electrons. The molecule has 0 fully saturated rings. The highest BCUT2D eigenvalue weighted by Gasteiger charge is 2.40. The van der Waals surface area contributed by atoms with Gasteiger partial charge < -0.3 is 13.8 Å².